The molecule has 7 aliphatic heterocycles. The first kappa shape index (κ1) is 99.1. The van der Waals surface area contributed by atoms with E-state index in [2.05, 4.69) is 42.2 Å². The molecule has 0 spiro atoms. The van der Waals surface area contributed by atoms with Gasteiger partial charge in [0.2, 0.25) is 11.8 Å². The van der Waals surface area contributed by atoms with E-state index in [4.69, 9.17) is 84.2 Å². The number of aliphatic carboxylic acids is 2. The molecule has 63 heteroatoms. The lowest BCUT2D eigenvalue weighted by Crippen LogP contribution is -2.70. The molecule has 116 heavy (non-hydrogen) atoms. The highest BCUT2D eigenvalue weighted by Gasteiger charge is 2.63. The topological polar surface area (TPSA) is 767 Å². The number of nitrogens with one attached hydrogen (secondary N) is 4. The monoisotopic (exact) mass is 1850 g/mol. The largest absolute Gasteiger partial charge is 0.479 e. The molecule has 0 radical (unpaired) electrons. The Bertz CT molecular complexity index is 4140. The van der Waals surface area contributed by atoms with E-state index in [0.29, 0.717) is 33.5 Å². The average Bonchev–Trinajstić information content (AvgIpc) is 0.845. The minimum atomic E-state index is -6.27. The second-order valence-electron chi connectivity index (χ2n) is 25.7. The molecule has 28 unspecified atom stereocenters. The molecule has 7 rings (SSSR count). The van der Waals surface area contributed by atoms with Crippen LogP contribution in [0.25, 0.3) is 0 Å². The number of carboxylic acid groups (broad SMARTS) is 2. The standard InChI is InChI=1S/C53H88N4O51S8/c1-86-30-22(17-93-110(65,66)67)96-48(29(33(30)87-2)56-27(59)15-9-8-12-16-54-26(58)14-11-10-13-25-28-21(20-109-25)55-53(64)57-28)101-36-34(88-3)42(90-5)50(103-40(36)46(60)61)100-32-24(19-95-112(71,72)73)98-52(45(108-116(83,84)85)39(32)106-114(77,78)79)102-37-35(89-4)43(91-6)51(104-41(37)47(62)63)99-31-23(18-94-111(68,69)70)97-49(92-7)44(107-115(80,81)82)38(31)105-113(74,75)76/h21-25,28-45,48-52H,8-20H2,1-7H3,(H,54,58)(H,56,59)(H,60,61)(H,62,63)(H2,55,57,64)(H,65,66,67)(H,68,69,70)(H,71,72,73)(H,74,75,76)(H,77,78,79)(H,80,81,82)(H,83,84,85). The summed E-state index contributed by atoms with van der Waals surface area (Å²) in [5, 5.41) is 33.3. The number of ether oxygens (including phenoxy) is 16. The number of fused-ring (bicyclic) bond motifs is 1. The van der Waals surface area contributed by atoms with Gasteiger partial charge < -0.3 is 107 Å². The van der Waals surface area contributed by atoms with Gasteiger partial charge in [0.15, 0.2) is 55.9 Å². The Morgan fingerprint density at radius 1 is 0.405 bits per heavy atom. The van der Waals surface area contributed by atoms with Crippen LogP contribution in [0.5, 0.6) is 0 Å². The molecule has 674 valence electrons. The maximum atomic E-state index is 14.0. The molecular formula is C53H88N4O51S8. The molecule has 7 saturated heterocycles. The minimum Gasteiger partial charge on any atom is -0.479 e. The molecule has 7 heterocycles. The molecule has 0 aliphatic carbocycles. The van der Waals surface area contributed by atoms with Crippen molar-refractivity contribution in [3.63, 3.8) is 0 Å². The number of methoxy groups -OCH3 is 7. The fourth-order valence-electron chi connectivity index (χ4n) is 13.6. The van der Waals surface area contributed by atoms with E-state index in [1.54, 1.807) is 11.8 Å². The highest BCUT2D eigenvalue weighted by molar-refractivity contribution is 8.00. The lowest BCUT2D eigenvalue weighted by Gasteiger charge is -2.51. The van der Waals surface area contributed by atoms with Gasteiger partial charge in [0.25, 0.3) is 0 Å². The summed E-state index contributed by atoms with van der Waals surface area (Å²) in [6.45, 7) is -4.26. The third-order valence-electron chi connectivity index (χ3n) is 18.2. The lowest BCUT2D eigenvalue weighted by atomic mass is 9.94. The summed E-state index contributed by atoms with van der Waals surface area (Å²) in [5.74, 6) is -4.57. The molecule has 7 aliphatic rings. The molecule has 55 nitrogen and oxygen atoms in total. The van der Waals surface area contributed by atoms with Crippen LogP contribution in [0, 0.1) is 0 Å². The van der Waals surface area contributed by atoms with Crippen molar-refractivity contribution in [3.05, 3.63) is 0 Å². The molecule has 0 saturated carbocycles. The van der Waals surface area contributed by atoms with Crippen molar-refractivity contribution in [1.82, 2.24) is 21.3 Å². The summed E-state index contributed by atoms with van der Waals surface area (Å²) in [6, 6.07) is -1.81. The Labute approximate surface area is 666 Å². The van der Waals surface area contributed by atoms with Gasteiger partial charge in [-0.3, -0.25) is 41.5 Å². The van der Waals surface area contributed by atoms with Gasteiger partial charge in [-0.05, 0) is 25.7 Å². The molecule has 4 amide bonds. The second-order valence-corrected chi connectivity index (χ2v) is 34.4. The van der Waals surface area contributed by atoms with Gasteiger partial charge in [0.1, 0.15) is 97.6 Å². The predicted octanol–water partition coefficient (Wildman–Crippen LogP) is -6.85. The number of carbonyl (C=O) groups excluding carboxylic acids is 3. The van der Waals surface area contributed by atoms with Gasteiger partial charge >= 0.3 is 90.8 Å². The molecule has 7 fully saturated rings. The van der Waals surface area contributed by atoms with Crippen LogP contribution in [-0.4, -0.2) is 383 Å². The first-order chi connectivity index (χ1) is 53.9. The quantitative estimate of drug-likeness (QED) is 0.0153. The Kier molecular flexibility index (Phi) is 36.2. The molecular weight excluding hydrogens is 1770 g/mol. The Morgan fingerprint density at radius 3 is 1.21 bits per heavy atom. The lowest BCUT2D eigenvalue weighted by molar-refractivity contribution is -0.385. The van der Waals surface area contributed by atoms with Crippen LogP contribution >= 0.6 is 11.8 Å². The third kappa shape index (κ3) is 28.8. The first-order valence-electron chi connectivity index (χ1n) is 33.7. The fraction of sp³-hybridized carbons (Fsp3) is 0.906. The molecule has 0 aromatic rings. The van der Waals surface area contributed by atoms with Crippen molar-refractivity contribution in [2.45, 2.75) is 222 Å². The number of amides is 4. The Morgan fingerprint density at radius 2 is 0.784 bits per heavy atom. The molecule has 28 atom stereocenters. The predicted molar refractivity (Wildman–Crippen MR) is 365 cm³/mol. The first-order valence-corrected chi connectivity index (χ1v) is 44.3. The van der Waals surface area contributed by atoms with Crippen molar-refractivity contribution in [1.29, 1.82) is 0 Å². The Balaban J connectivity index is 1.18. The number of carbonyl (C=O) groups is 5. The number of hydrogen-bond acceptors (Lipinski definition) is 43. The minimum absolute atomic E-state index is 0.0139. The fourth-order valence-corrected chi connectivity index (χ4v) is 18.0. The van der Waals surface area contributed by atoms with Gasteiger partial charge in [0.05, 0.1) is 31.9 Å². The van der Waals surface area contributed by atoms with Crippen molar-refractivity contribution >= 4 is 114 Å². The molecule has 0 bridgehead atoms. The average molecular weight is 1850 g/mol. The van der Waals surface area contributed by atoms with Gasteiger partial charge in [0, 0.05) is 80.2 Å². The van der Waals surface area contributed by atoms with Crippen molar-refractivity contribution in [2.24, 2.45) is 0 Å². The second kappa shape index (κ2) is 42.4. The summed E-state index contributed by atoms with van der Waals surface area (Å²) < 4.78 is 366. The van der Waals surface area contributed by atoms with E-state index in [1.807, 2.05) is 0 Å². The number of rotatable bonds is 46. The van der Waals surface area contributed by atoms with E-state index in [0.717, 1.165) is 54.1 Å². The smallest absolute Gasteiger partial charge is 0.397 e. The van der Waals surface area contributed by atoms with Crippen LogP contribution in [0.4, 0.5) is 4.79 Å². The highest BCUT2D eigenvalue weighted by Crippen LogP contribution is 2.42. The van der Waals surface area contributed by atoms with Crippen molar-refractivity contribution in [3.8, 4) is 0 Å². The van der Waals surface area contributed by atoms with Gasteiger partial charge in [-0.2, -0.15) is 70.7 Å². The number of thioether (sulfide) groups is 1. The number of unbranched alkanes of at least 4 members (excludes halogenated alkanes) is 3. The Hall–Kier alpha value is -4.05. The van der Waals surface area contributed by atoms with Crippen LogP contribution in [0.3, 0.4) is 0 Å². The molecule has 13 N–H and O–H groups in total. The number of urea groups is 1. The SMILES string of the molecule is COC1OC(COS(=O)(=O)O)C(OC2OC(C(=O)O)C(OC3OC(COS(=O)(=O)O)C(OC4OC(C(=O)O)C(OC5OC(COS(=O)(=O)O)C(OC)C(OC)C5NC(=O)CCCCCNC(=O)CCCCC5SCC6NC(=O)NC65)C(OC)C4OC)C(OS(=O)(=O)O)C3OS(=O)(=O)O)C(OC)C2OC)C(OS(=O)(=O)O)C1OS(=O)(=O)O. The molecule has 0 aromatic heterocycles. The number of hydrogen-bond donors (Lipinski definition) is 13. The van der Waals surface area contributed by atoms with E-state index >= 15 is 0 Å². The summed E-state index contributed by atoms with van der Waals surface area (Å²) in [5.41, 5.74) is 0. The maximum absolute atomic E-state index is 14.0. The molecule has 0 aromatic carbocycles. The van der Waals surface area contributed by atoms with Crippen LogP contribution < -0.4 is 21.3 Å². The summed E-state index contributed by atoms with van der Waals surface area (Å²) in [4.78, 5) is 65.5. The van der Waals surface area contributed by atoms with E-state index in [9.17, 15) is 125 Å². The third-order valence-corrected chi connectivity index (χ3v) is 22.9. The van der Waals surface area contributed by atoms with E-state index in [1.165, 1.54) is 0 Å². The van der Waals surface area contributed by atoms with Crippen molar-refractivity contribution in [2.75, 3.05) is 81.9 Å². The summed E-state index contributed by atoms with van der Waals surface area (Å²) >= 11 is 1.75. The zero-order chi connectivity index (χ0) is 86.5. The van der Waals surface area contributed by atoms with Gasteiger partial charge in [-0.1, -0.05) is 12.8 Å². The van der Waals surface area contributed by atoms with E-state index in [-0.39, 0.29) is 55.1 Å². The van der Waals surface area contributed by atoms with Gasteiger partial charge in [-0.25, -0.2) is 43.7 Å². The van der Waals surface area contributed by atoms with Crippen LogP contribution in [-0.2, 0) is 197 Å². The van der Waals surface area contributed by atoms with E-state index < -0.39 is 264 Å². The zero-order valence-corrected chi connectivity index (χ0v) is 67.8. The maximum Gasteiger partial charge on any atom is 0.397 e. The highest BCUT2D eigenvalue weighted by atomic mass is 32.3. The normalized spacial score (nSPS) is 35.6. The summed E-state index contributed by atoms with van der Waals surface area (Å²) in [6.07, 6.45) is -56.2. The van der Waals surface area contributed by atoms with Crippen LogP contribution in [0.2, 0.25) is 0 Å². The van der Waals surface area contributed by atoms with Crippen LogP contribution in [0.1, 0.15) is 51.4 Å². The van der Waals surface area contributed by atoms with Gasteiger partial charge in [-0.15, -0.1) is 0 Å². The van der Waals surface area contributed by atoms with Crippen molar-refractivity contribution < 1.29 is 230 Å². The zero-order valence-electron chi connectivity index (χ0n) is 61.3. The van der Waals surface area contributed by atoms with Crippen LogP contribution in [0.15, 0.2) is 0 Å². The summed E-state index contributed by atoms with van der Waals surface area (Å²) in [7, 11) is -35.0. The number of carboxylic acids is 2.